The van der Waals surface area contributed by atoms with Crippen molar-refractivity contribution in [3.05, 3.63) is 58.7 Å². The molecule has 7 nitrogen and oxygen atoms in total. The van der Waals surface area contributed by atoms with Gasteiger partial charge in [-0.3, -0.25) is 9.69 Å². The zero-order valence-corrected chi connectivity index (χ0v) is 18.1. The number of ether oxygens (including phenoxy) is 2. The molecule has 4 rings (SSSR count). The van der Waals surface area contributed by atoms with Gasteiger partial charge in [0, 0.05) is 0 Å². The Hall–Kier alpha value is -3.06. The number of β-amino-alcohol motifs (C(OH)–C–C–N with tert-alkyl or cyclic N) is 1. The van der Waals surface area contributed by atoms with Gasteiger partial charge >= 0.3 is 6.03 Å². The highest BCUT2D eigenvalue weighted by Crippen LogP contribution is 2.41. The van der Waals surface area contributed by atoms with E-state index in [4.69, 9.17) is 9.47 Å². The minimum absolute atomic E-state index is 0.0118. The maximum Gasteiger partial charge on any atom is 0.325 e. The van der Waals surface area contributed by atoms with Crippen molar-refractivity contribution < 1.29 is 24.2 Å². The molecule has 1 spiro atoms. The van der Waals surface area contributed by atoms with Crippen molar-refractivity contribution in [2.24, 2.45) is 0 Å². The van der Waals surface area contributed by atoms with Gasteiger partial charge in [0.1, 0.15) is 29.7 Å². The van der Waals surface area contributed by atoms with E-state index < -0.39 is 17.7 Å². The van der Waals surface area contributed by atoms with Crippen molar-refractivity contribution >= 4 is 11.9 Å². The van der Waals surface area contributed by atoms with E-state index in [2.05, 4.69) is 5.32 Å². The molecular weight excluding hydrogens is 396 g/mol. The van der Waals surface area contributed by atoms with Crippen LogP contribution in [0.3, 0.4) is 0 Å². The number of benzene rings is 2. The van der Waals surface area contributed by atoms with Crippen LogP contribution in [0, 0.1) is 13.8 Å². The number of hydrogen-bond donors (Lipinski definition) is 2. The fraction of sp³-hybridized carbons (Fsp3) is 0.417. The van der Waals surface area contributed by atoms with Gasteiger partial charge < -0.3 is 19.9 Å². The highest BCUT2D eigenvalue weighted by Gasteiger charge is 2.54. The normalized spacial score (nSPS) is 21.1. The molecule has 2 aromatic rings. The third-order valence-electron chi connectivity index (χ3n) is 6.11. The molecule has 2 aromatic carbocycles. The lowest BCUT2D eigenvalue weighted by atomic mass is 9.76. The summed E-state index contributed by atoms with van der Waals surface area (Å²) >= 11 is 0. The maximum atomic E-state index is 13.4. The van der Waals surface area contributed by atoms with Crippen LogP contribution in [0.5, 0.6) is 11.5 Å². The van der Waals surface area contributed by atoms with E-state index in [1.165, 1.54) is 0 Å². The lowest BCUT2D eigenvalue weighted by Crippen LogP contribution is -2.47. The number of nitrogens with zero attached hydrogens (tertiary/aromatic N) is 1. The summed E-state index contributed by atoms with van der Waals surface area (Å²) in [5, 5.41) is 13.4. The van der Waals surface area contributed by atoms with E-state index in [9.17, 15) is 14.7 Å². The molecular formula is C24H28N2O5. The first-order chi connectivity index (χ1) is 14.8. The summed E-state index contributed by atoms with van der Waals surface area (Å²) in [6, 6.07) is 10.9. The number of imide groups is 1. The van der Waals surface area contributed by atoms with Crippen LogP contribution in [0.15, 0.2) is 36.4 Å². The van der Waals surface area contributed by atoms with E-state index in [1.54, 1.807) is 13.2 Å². The van der Waals surface area contributed by atoms with Crippen LogP contribution in [0.25, 0.3) is 0 Å². The standard InChI is InChI=1S/C24H28N2O5/c1-15-6-7-16(2)21(11-15)31-14-18(27)13-26-22(28)24(25-23(26)29)10-4-5-17-12-19(30-3)8-9-20(17)24/h6-9,11-12,18,27H,4-5,10,13-14H2,1-3H3,(H,25,29). The third-order valence-corrected chi connectivity index (χ3v) is 6.11. The topological polar surface area (TPSA) is 88.1 Å². The number of aliphatic hydroxyl groups is 1. The van der Waals surface area contributed by atoms with Crippen LogP contribution in [0.1, 0.15) is 35.1 Å². The Balaban J connectivity index is 1.49. The summed E-state index contributed by atoms with van der Waals surface area (Å²) in [4.78, 5) is 27.2. The Morgan fingerprint density at radius 3 is 2.77 bits per heavy atom. The lowest BCUT2D eigenvalue weighted by molar-refractivity contribution is -0.133. The maximum absolute atomic E-state index is 13.4. The molecule has 1 aliphatic carbocycles. The van der Waals surface area contributed by atoms with E-state index in [1.807, 2.05) is 44.2 Å². The van der Waals surface area contributed by atoms with Gasteiger partial charge in [-0.25, -0.2) is 4.79 Å². The van der Waals surface area contributed by atoms with E-state index >= 15 is 0 Å². The molecule has 0 bridgehead atoms. The molecule has 2 unspecified atom stereocenters. The Morgan fingerprint density at radius 2 is 2.00 bits per heavy atom. The van der Waals surface area contributed by atoms with Crippen molar-refractivity contribution in [1.29, 1.82) is 0 Å². The first-order valence-electron chi connectivity index (χ1n) is 10.5. The van der Waals surface area contributed by atoms with E-state index in [0.29, 0.717) is 12.2 Å². The van der Waals surface area contributed by atoms with E-state index in [-0.39, 0.29) is 19.1 Å². The van der Waals surface area contributed by atoms with Crippen molar-refractivity contribution in [1.82, 2.24) is 10.2 Å². The van der Waals surface area contributed by atoms with Gasteiger partial charge in [-0.2, -0.15) is 0 Å². The number of amides is 3. The summed E-state index contributed by atoms with van der Waals surface area (Å²) in [5.74, 6) is 1.08. The zero-order chi connectivity index (χ0) is 22.2. The third kappa shape index (κ3) is 3.85. The number of methoxy groups -OCH3 is 1. The second kappa shape index (κ2) is 8.23. The number of hydrogen-bond acceptors (Lipinski definition) is 5. The van der Waals surface area contributed by atoms with Crippen LogP contribution in [0.2, 0.25) is 0 Å². The molecule has 0 aromatic heterocycles. The summed E-state index contributed by atoms with van der Waals surface area (Å²) in [7, 11) is 1.60. The quantitative estimate of drug-likeness (QED) is 0.697. The minimum atomic E-state index is -1.08. The van der Waals surface area contributed by atoms with E-state index in [0.717, 1.165) is 45.7 Å². The Kier molecular flexibility index (Phi) is 5.62. The van der Waals surface area contributed by atoms with Gasteiger partial charge in [0.25, 0.3) is 5.91 Å². The molecule has 2 N–H and O–H groups in total. The average Bonchev–Trinajstić information content (AvgIpc) is 2.98. The number of carbonyl (C=O) groups excluding carboxylic acids is 2. The molecule has 1 fully saturated rings. The Morgan fingerprint density at radius 1 is 1.19 bits per heavy atom. The van der Waals surface area contributed by atoms with Gasteiger partial charge in [0.15, 0.2) is 0 Å². The fourth-order valence-corrected chi connectivity index (χ4v) is 4.46. The van der Waals surface area contributed by atoms with Gasteiger partial charge in [-0.15, -0.1) is 0 Å². The SMILES string of the molecule is COc1ccc2c(c1)CCCC21NC(=O)N(CC(O)COc2cc(C)ccc2C)C1=O. The highest BCUT2D eigenvalue weighted by atomic mass is 16.5. The van der Waals surface area contributed by atoms with Crippen LogP contribution in [0.4, 0.5) is 4.79 Å². The predicted molar refractivity (Wildman–Crippen MR) is 115 cm³/mol. The predicted octanol–water partition coefficient (Wildman–Crippen LogP) is 2.84. The monoisotopic (exact) mass is 424 g/mol. The number of aryl methyl sites for hydroxylation is 3. The molecule has 0 radical (unpaired) electrons. The minimum Gasteiger partial charge on any atom is -0.497 e. The smallest absolute Gasteiger partial charge is 0.325 e. The number of nitrogens with one attached hydrogen (secondary N) is 1. The number of rotatable bonds is 6. The molecule has 3 amide bonds. The van der Waals surface area contributed by atoms with Gasteiger partial charge in [-0.1, -0.05) is 18.2 Å². The summed E-state index contributed by atoms with van der Waals surface area (Å²) in [6.45, 7) is 3.76. The molecule has 1 aliphatic heterocycles. The summed E-state index contributed by atoms with van der Waals surface area (Å²) in [6.07, 6.45) is 1.13. The van der Waals surface area contributed by atoms with Crippen molar-refractivity contribution in [2.75, 3.05) is 20.3 Å². The number of urea groups is 1. The molecule has 1 heterocycles. The van der Waals surface area contributed by atoms with Crippen LogP contribution in [-0.2, 0) is 16.8 Å². The Bertz CT molecular complexity index is 1020. The first kappa shape index (κ1) is 21.2. The van der Waals surface area contributed by atoms with Crippen molar-refractivity contribution in [3.63, 3.8) is 0 Å². The number of aliphatic hydroxyl groups excluding tert-OH is 1. The first-order valence-corrected chi connectivity index (χ1v) is 10.5. The molecule has 2 atom stereocenters. The molecule has 0 saturated carbocycles. The second-order valence-electron chi connectivity index (χ2n) is 8.36. The number of carbonyl (C=O) groups is 2. The molecule has 2 aliphatic rings. The Labute approximate surface area is 182 Å². The molecule has 1 saturated heterocycles. The highest BCUT2D eigenvalue weighted by molar-refractivity contribution is 6.07. The van der Waals surface area contributed by atoms with Crippen molar-refractivity contribution in [2.45, 2.75) is 44.8 Å². The summed E-state index contributed by atoms with van der Waals surface area (Å²) < 4.78 is 11.0. The molecule has 31 heavy (non-hydrogen) atoms. The van der Waals surface area contributed by atoms with Crippen LogP contribution in [-0.4, -0.2) is 48.3 Å². The molecule has 164 valence electrons. The summed E-state index contributed by atoms with van der Waals surface area (Å²) in [5.41, 5.74) is 2.74. The lowest BCUT2D eigenvalue weighted by Gasteiger charge is -2.33. The van der Waals surface area contributed by atoms with Gasteiger partial charge in [0.2, 0.25) is 0 Å². The van der Waals surface area contributed by atoms with Crippen LogP contribution < -0.4 is 14.8 Å². The van der Waals surface area contributed by atoms with Gasteiger partial charge in [-0.05, 0) is 73.6 Å². The zero-order valence-electron chi connectivity index (χ0n) is 18.1. The van der Waals surface area contributed by atoms with Gasteiger partial charge in [0.05, 0.1) is 13.7 Å². The largest absolute Gasteiger partial charge is 0.497 e. The molecule has 7 heteroatoms. The second-order valence-corrected chi connectivity index (χ2v) is 8.36. The fourth-order valence-electron chi connectivity index (χ4n) is 4.46. The number of fused-ring (bicyclic) bond motifs is 2. The van der Waals surface area contributed by atoms with Crippen LogP contribution >= 0.6 is 0 Å². The average molecular weight is 424 g/mol. The van der Waals surface area contributed by atoms with Crippen molar-refractivity contribution in [3.8, 4) is 11.5 Å².